The molecule has 0 radical (unpaired) electrons. The largest absolute Gasteiger partial charge is 0.463 e. The lowest BCUT2D eigenvalue weighted by Crippen LogP contribution is -2.19. The van der Waals surface area contributed by atoms with Crippen LogP contribution < -0.4 is 10.9 Å². The SMILES string of the molecule is Cc1noc2nc(-c3ccco3)cc(C(=O)Nc3ccc[nH]c3=O)c12. The van der Waals surface area contributed by atoms with Crippen molar-refractivity contribution in [3.63, 3.8) is 0 Å². The highest BCUT2D eigenvalue weighted by Crippen LogP contribution is 2.27. The summed E-state index contributed by atoms with van der Waals surface area (Å²) in [4.78, 5) is 31.4. The summed E-state index contributed by atoms with van der Waals surface area (Å²) in [6.07, 6.45) is 3.00. The van der Waals surface area contributed by atoms with Crippen molar-refractivity contribution in [1.82, 2.24) is 15.1 Å². The van der Waals surface area contributed by atoms with Gasteiger partial charge in [-0.2, -0.15) is 0 Å². The molecule has 2 N–H and O–H groups in total. The first-order valence-corrected chi connectivity index (χ1v) is 7.43. The number of fused-ring (bicyclic) bond motifs is 1. The second-order valence-corrected chi connectivity index (χ2v) is 5.35. The molecule has 4 heterocycles. The molecular weight excluding hydrogens is 324 g/mol. The molecule has 124 valence electrons. The van der Waals surface area contributed by atoms with Gasteiger partial charge < -0.3 is 19.2 Å². The maximum absolute atomic E-state index is 12.8. The van der Waals surface area contributed by atoms with E-state index in [1.54, 1.807) is 31.2 Å². The Morgan fingerprint density at radius 2 is 2.16 bits per heavy atom. The number of amides is 1. The summed E-state index contributed by atoms with van der Waals surface area (Å²) in [7, 11) is 0. The van der Waals surface area contributed by atoms with Gasteiger partial charge in [0, 0.05) is 6.20 Å². The zero-order valence-electron chi connectivity index (χ0n) is 13.1. The number of aromatic nitrogens is 3. The van der Waals surface area contributed by atoms with Crippen LogP contribution in [0, 0.1) is 6.92 Å². The highest BCUT2D eigenvalue weighted by molar-refractivity contribution is 6.12. The highest BCUT2D eigenvalue weighted by atomic mass is 16.5. The number of rotatable bonds is 3. The number of nitrogens with zero attached hydrogens (tertiary/aromatic N) is 2. The summed E-state index contributed by atoms with van der Waals surface area (Å²) < 4.78 is 10.5. The second kappa shape index (κ2) is 5.75. The van der Waals surface area contributed by atoms with Crippen LogP contribution in [0.1, 0.15) is 16.1 Å². The maximum Gasteiger partial charge on any atom is 0.271 e. The summed E-state index contributed by atoms with van der Waals surface area (Å²) >= 11 is 0. The van der Waals surface area contributed by atoms with Crippen molar-refractivity contribution in [2.24, 2.45) is 0 Å². The molecule has 0 bridgehead atoms. The molecule has 0 aromatic carbocycles. The van der Waals surface area contributed by atoms with Crippen LogP contribution in [0.2, 0.25) is 0 Å². The average molecular weight is 336 g/mol. The van der Waals surface area contributed by atoms with Gasteiger partial charge in [-0.25, -0.2) is 4.98 Å². The quantitative estimate of drug-likeness (QED) is 0.594. The summed E-state index contributed by atoms with van der Waals surface area (Å²) in [5.41, 5.74) is 1.22. The van der Waals surface area contributed by atoms with Crippen molar-refractivity contribution in [3.05, 3.63) is 64.4 Å². The summed E-state index contributed by atoms with van der Waals surface area (Å²) in [6.45, 7) is 1.71. The standard InChI is InChI=1S/C17H12N4O4/c1-9-14-10(15(22)19-11-4-2-6-18-16(11)23)8-12(13-5-3-7-24-13)20-17(14)25-21-9/h2-8H,1H3,(H,18,23)(H,19,22). The molecule has 0 atom stereocenters. The zero-order valence-corrected chi connectivity index (χ0v) is 13.1. The van der Waals surface area contributed by atoms with E-state index >= 15 is 0 Å². The van der Waals surface area contributed by atoms with E-state index in [1.807, 2.05) is 0 Å². The van der Waals surface area contributed by atoms with E-state index in [4.69, 9.17) is 8.94 Å². The predicted octanol–water partition coefficient (Wildman–Crippen LogP) is 2.73. The number of nitrogens with one attached hydrogen (secondary N) is 2. The van der Waals surface area contributed by atoms with Crippen molar-refractivity contribution >= 4 is 22.7 Å². The van der Waals surface area contributed by atoms with Crippen molar-refractivity contribution in [1.29, 1.82) is 0 Å². The number of pyridine rings is 2. The fourth-order valence-electron chi connectivity index (χ4n) is 2.53. The Balaban J connectivity index is 1.85. The Morgan fingerprint density at radius 1 is 1.28 bits per heavy atom. The highest BCUT2D eigenvalue weighted by Gasteiger charge is 2.20. The van der Waals surface area contributed by atoms with E-state index in [2.05, 4.69) is 20.4 Å². The van der Waals surface area contributed by atoms with Gasteiger partial charge in [0.25, 0.3) is 17.2 Å². The number of aromatic amines is 1. The molecule has 0 aliphatic carbocycles. The molecule has 0 spiro atoms. The fraction of sp³-hybridized carbons (Fsp3) is 0.0588. The minimum atomic E-state index is -0.469. The lowest BCUT2D eigenvalue weighted by molar-refractivity contribution is 0.102. The van der Waals surface area contributed by atoms with Crippen LogP contribution in [0.3, 0.4) is 0 Å². The molecule has 8 nitrogen and oxygen atoms in total. The summed E-state index contributed by atoms with van der Waals surface area (Å²) in [5.74, 6) is 0.0192. The smallest absolute Gasteiger partial charge is 0.271 e. The van der Waals surface area contributed by atoms with E-state index < -0.39 is 11.5 Å². The number of carbonyl (C=O) groups is 1. The number of hydrogen-bond acceptors (Lipinski definition) is 6. The first kappa shape index (κ1) is 14.9. The minimum Gasteiger partial charge on any atom is -0.463 e. The molecular formula is C17H12N4O4. The third-order valence-corrected chi connectivity index (χ3v) is 3.70. The van der Waals surface area contributed by atoms with Crippen molar-refractivity contribution in [2.45, 2.75) is 6.92 Å². The number of aryl methyl sites for hydroxylation is 1. The number of anilines is 1. The van der Waals surface area contributed by atoms with Gasteiger partial charge in [0.1, 0.15) is 11.4 Å². The Bertz CT molecular complexity index is 1130. The third kappa shape index (κ3) is 2.59. The maximum atomic E-state index is 12.8. The van der Waals surface area contributed by atoms with E-state index in [-0.39, 0.29) is 11.4 Å². The van der Waals surface area contributed by atoms with Gasteiger partial charge in [-0.3, -0.25) is 9.59 Å². The topological polar surface area (TPSA) is 114 Å². The molecule has 8 heteroatoms. The van der Waals surface area contributed by atoms with Crippen molar-refractivity contribution < 1.29 is 13.7 Å². The van der Waals surface area contributed by atoms with E-state index in [0.29, 0.717) is 28.1 Å². The van der Waals surface area contributed by atoms with E-state index in [0.717, 1.165) is 0 Å². The Hall–Kier alpha value is -3.68. The van der Waals surface area contributed by atoms with E-state index in [1.165, 1.54) is 18.5 Å². The van der Waals surface area contributed by atoms with Gasteiger partial charge in [-0.05, 0) is 37.3 Å². The van der Waals surface area contributed by atoms with Crippen molar-refractivity contribution in [3.8, 4) is 11.5 Å². The van der Waals surface area contributed by atoms with Crippen LogP contribution in [-0.4, -0.2) is 21.0 Å². The van der Waals surface area contributed by atoms with Gasteiger partial charge >= 0.3 is 0 Å². The lowest BCUT2D eigenvalue weighted by atomic mass is 10.1. The Kier molecular flexibility index (Phi) is 3.42. The molecule has 0 aliphatic rings. The molecule has 4 rings (SSSR count). The first-order chi connectivity index (χ1) is 12.1. The van der Waals surface area contributed by atoms with E-state index in [9.17, 15) is 9.59 Å². The second-order valence-electron chi connectivity index (χ2n) is 5.35. The normalized spacial score (nSPS) is 10.9. The molecule has 0 fully saturated rings. The lowest BCUT2D eigenvalue weighted by Gasteiger charge is -2.06. The van der Waals surface area contributed by atoms with Crippen LogP contribution >= 0.6 is 0 Å². The number of furan rings is 1. The first-order valence-electron chi connectivity index (χ1n) is 7.43. The zero-order chi connectivity index (χ0) is 17.4. The van der Waals surface area contributed by atoms with Gasteiger partial charge in [-0.15, -0.1) is 0 Å². The van der Waals surface area contributed by atoms with Crippen LogP contribution in [0.5, 0.6) is 0 Å². The van der Waals surface area contributed by atoms with Crippen LogP contribution in [-0.2, 0) is 0 Å². The van der Waals surface area contributed by atoms with Gasteiger partial charge in [0.15, 0.2) is 5.76 Å². The van der Waals surface area contributed by atoms with Crippen molar-refractivity contribution in [2.75, 3.05) is 5.32 Å². The van der Waals surface area contributed by atoms with Crippen LogP contribution in [0.15, 0.2) is 56.5 Å². The third-order valence-electron chi connectivity index (χ3n) is 3.70. The molecule has 0 aliphatic heterocycles. The predicted molar refractivity (Wildman–Crippen MR) is 89.3 cm³/mol. The van der Waals surface area contributed by atoms with Gasteiger partial charge in [0.2, 0.25) is 0 Å². The van der Waals surface area contributed by atoms with Crippen LogP contribution in [0.25, 0.3) is 22.6 Å². The fourth-order valence-corrected chi connectivity index (χ4v) is 2.53. The van der Waals surface area contributed by atoms with Gasteiger partial charge in [0.05, 0.1) is 22.9 Å². The molecule has 4 aromatic rings. The molecule has 0 unspecified atom stereocenters. The summed E-state index contributed by atoms with van der Waals surface area (Å²) in [6, 6.07) is 8.16. The number of H-pyrrole nitrogens is 1. The molecule has 1 amide bonds. The monoisotopic (exact) mass is 336 g/mol. The number of hydrogen-bond donors (Lipinski definition) is 2. The molecule has 25 heavy (non-hydrogen) atoms. The van der Waals surface area contributed by atoms with Gasteiger partial charge in [-0.1, -0.05) is 5.16 Å². The molecule has 0 saturated heterocycles. The molecule has 4 aromatic heterocycles. The summed E-state index contributed by atoms with van der Waals surface area (Å²) in [5, 5.41) is 6.95. The number of carbonyl (C=O) groups excluding carboxylic acids is 1. The Labute approximate surface area is 140 Å². The Morgan fingerprint density at radius 3 is 2.92 bits per heavy atom. The van der Waals surface area contributed by atoms with Crippen LogP contribution in [0.4, 0.5) is 5.69 Å². The molecule has 0 saturated carbocycles. The minimum absolute atomic E-state index is 0.145. The average Bonchev–Trinajstić information content (AvgIpc) is 3.26.